The van der Waals surface area contributed by atoms with Gasteiger partial charge >= 0.3 is 0 Å². The van der Waals surface area contributed by atoms with Crippen LogP contribution in [0.1, 0.15) is 25.3 Å². The molecule has 0 atom stereocenters. The van der Waals surface area contributed by atoms with E-state index in [4.69, 9.17) is 0 Å². The SMILES string of the molecule is CCCCN(C)C(=O)CN1CCN(S(=O)(=O)c2ccc(C)cc2)CC1. The zero-order valence-electron chi connectivity index (χ0n) is 15.4. The van der Waals surface area contributed by atoms with E-state index in [1.807, 2.05) is 31.0 Å². The maximum absolute atomic E-state index is 12.7. The molecule has 1 aliphatic heterocycles. The molecule has 7 heteroatoms. The molecule has 1 aliphatic rings. The number of carbonyl (C=O) groups is 1. The summed E-state index contributed by atoms with van der Waals surface area (Å²) in [6.07, 6.45) is 2.07. The Balaban J connectivity index is 1.88. The van der Waals surface area contributed by atoms with E-state index in [1.165, 1.54) is 4.31 Å². The summed E-state index contributed by atoms with van der Waals surface area (Å²) in [6, 6.07) is 6.94. The molecule has 0 unspecified atom stereocenters. The first-order valence-electron chi connectivity index (χ1n) is 8.87. The zero-order chi connectivity index (χ0) is 18.4. The van der Waals surface area contributed by atoms with Crippen LogP contribution < -0.4 is 0 Å². The van der Waals surface area contributed by atoms with Gasteiger partial charge in [-0.25, -0.2) is 8.42 Å². The predicted octanol–water partition coefficient (Wildman–Crippen LogP) is 1.56. The summed E-state index contributed by atoms with van der Waals surface area (Å²) in [4.78, 5) is 16.3. The van der Waals surface area contributed by atoms with Crippen LogP contribution in [0.4, 0.5) is 0 Å². The lowest BCUT2D eigenvalue weighted by Crippen LogP contribution is -2.51. The van der Waals surface area contributed by atoms with Crippen LogP contribution in [0.5, 0.6) is 0 Å². The van der Waals surface area contributed by atoms with Gasteiger partial charge in [-0.3, -0.25) is 9.69 Å². The first-order chi connectivity index (χ1) is 11.8. The Bertz CT molecular complexity index is 665. The summed E-state index contributed by atoms with van der Waals surface area (Å²) in [7, 11) is -1.62. The Morgan fingerprint density at radius 2 is 1.72 bits per heavy atom. The molecular formula is C18H29N3O3S. The van der Waals surface area contributed by atoms with Gasteiger partial charge in [0.05, 0.1) is 11.4 Å². The van der Waals surface area contributed by atoms with E-state index in [0.717, 1.165) is 24.9 Å². The highest BCUT2D eigenvalue weighted by atomic mass is 32.2. The average molecular weight is 368 g/mol. The van der Waals surface area contributed by atoms with E-state index in [2.05, 4.69) is 6.92 Å². The fraction of sp³-hybridized carbons (Fsp3) is 0.611. The Morgan fingerprint density at radius 1 is 1.12 bits per heavy atom. The smallest absolute Gasteiger partial charge is 0.243 e. The van der Waals surface area contributed by atoms with E-state index in [0.29, 0.717) is 37.6 Å². The van der Waals surface area contributed by atoms with Gasteiger partial charge in [0.2, 0.25) is 15.9 Å². The number of likely N-dealkylation sites (N-methyl/N-ethyl adjacent to an activating group) is 1. The number of hydrogen-bond acceptors (Lipinski definition) is 4. The number of benzene rings is 1. The molecule has 1 aromatic rings. The Hall–Kier alpha value is -1.44. The summed E-state index contributed by atoms with van der Waals surface area (Å²) in [5.74, 6) is 0.100. The number of hydrogen-bond donors (Lipinski definition) is 0. The van der Waals surface area contributed by atoms with Gasteiger partial charge in [0, 0.05) is 39.8 Å². The van der Waals surface area contributed by atoms with Crippen LogP contribution in [0.3, 0.4) is 0 Å². The molecule has 0 radical (unpaired) electrons. The normalized spacial score (nSPS) is 16.8. The lowest BCUT2D eigenvalue weighted by atomic mass is 10.2. The summed E-state index contributed by atoms with van der Waals surface area (Å²) in [5.41, 5.74) is 1.04. The van der Waals surface area contributed by atoms with Gasteiger partial charge in [0.15, 0.2) is 0 Å². The Kier molecular flexibility index (Phi) is 6.98. The second-order valence-corrected chi connectivity index (χ2v) is 8.60. The molecule has 0 saturated carbocycles. The van der Waals surface area contributed by atoms with Crippen molar-refractivity contribution in [2.75, 3.05) is 46.3 Å². The number of sulfonamides is 1. The van der Waals surface area contributed by atoms with Crippen LogP contribution in [-0.4, -0.2) is 74.7 Å². The van der Waals surface area contributed by atoms with Crippen molar-refractivity contribution in [1.29, 1.82) is 0 Å². The fourth-order valence-corrected chi connectivity index (χ4v) is 4.24. The maximum atomic E-state index is 12.7. The molecule has 0 bridgehead atoms. The molecule has 0 aliphatic carbocycles. The van der Waals surface area contributed by atoms with Crippen molar-refractivity contribution >= 4 is 15.9 Å². The molecular weight excluding hydrogens is 338 g/mol. The van der Waals surface area contributed by atoms with E-state index in [-0.39, 0.29) is 5.91 Å². The minimum atomic E-state index is -3.45. The van der Waals surface area contributed by atoms with Crippen molar-refractivity contribution in [2.24, 2.45) is 0 Å². The van der Waals surface area contributed by atoms with Crippen molar-refractivity contribution in [3.63, 3.8) is 0 Å². The first kappa shape index (κ1) is 19.9. The molecule has 1 aromatic carbocycles. The van der Waals surface area contributed by atoms with Gasteiger partial charge in [-0.05, 0) is 25.5 Å². The minimum Gasteiger partial charge on any atom is -0.345 e. The first-order valence-corrected chi connectivity index (χ1v) is 10.3. The van der Waals surface area contributed by atoms with Gasteiger partial charge in [0.25, 0.3) is 0 Å². The molecule has 1 saturated heterocycles. The van der Waals surface area contributed by atoms with Gasteiger partial charge < -0.3 is 4.90 Å². The fourth-order valence-electron chi connectivity index (χ4n) is 2.82. The maximum Gasteiger partial charge on any atom is 0.243 e. The van der Waals surface area contributed by atoms with E-state index in [1.54, 1.807) is 17.0 Å². The average Bonchev–Trinajstić information content (AvgIpc) is 2.60. The van der Waals surface area contributed by atoms with Gasteiger partial charge in [-0.2, -0.15) is 4.31 Å². The van der Waals surface area contributed by atoms with E-state index < -0.39 is 10.0 Å². The number of piperazine rings is 1. The summed E-state index contributed by atoms with van der Waals surface area (Å²) < 4.78 is 26.9. The van der Waals surface area contributed by atoms with Crippen LogP contribution in [0, 0.1) is 6.92 Å². The van der Waals surface area contributed by atoms with Gasteiger partial charge in [0.1, 0.15) is 0 Å². The minimum absolute atomic E-state index is 0.100. The van der Waals surface area contributed by atoms with Crippen molar-refractivity contribution < 1.29 is 13.2 Å². The highest BCUT2D eigenvalue weighted by Crippen LogP contribution is 2.18. The Morgan fingerprint density at radius 3 is 2.28 bits per heavy atom. The van der Waals surface area contributed by atoms with Crippen LogP contribution in [-0.2, 0) is 14.8 Å². The standard InChI is InChI=1S/C18H29N3O3S/c1-4-5-10-19(3)18(22)15-20-11-13-21(14-12-20)25(23,24)17-8-6-16(2)7-9-17/h6-9H,4-5,10-15H2,1-3H3. The third-order valence-corrected chi connectivity index (χ3v) is 6.53. The number of aryl methyl sites for hydroxylation is 1. The van der Waals surface area contributed by atoms with Crippen LogP contribution in [0.25, 0.3) is 0 Å². The topological polar surface area (TPSA) is 60.9 Å². The van der Waals surface area contributed by atoms with Crippen molar-refractivity contribution in [1.82, 2.24) is 14.1 Å². The number of amides is 1. The Labute approximate surface area is 151 Å². The highest BCUT2D eigenvalue weighted by molar-refractivity contribution is 7.89. The van der Waals surface area contributed by atoms with E-state index >= 15 is 0 Å². The van der Waals surface area contributed by atoms with Crippen LogP contribution >= 0.6 is 0 Å². The van der Waals surface area contributed by atoms with Crippen LogP contribution in [0.2, 0.25) is 0 Å². The lowest BCUT2D eigenvalue weighted by Gasteiger charge is -2.34. The predicted molar refractivity (Wildman–Crippen MR) is 98.9 cm³/mol. The molecule has 0 spiro atoms. The molecule has 1 heterocycles. The molecule has 0 aromatic heterocycles. The molecule has 25 heavy (non-hydrogen) atoms. The van der Waals surface area contributed by atoms with Gasteiger partial charge in [-0.15, -0.1) is 0 Å². The van der Waals surface area contributed by atoms with Crippen molar-refractivity contribution in [2.45, 2.75) is 31.6 Å². The zero-order valence-corrected chi connectivity index (χ0v) is 16.3. The summed E-state index contributed by atoms with van der Waals surface area (Å²) >= 11 is 0. The van der Waals surface area contributed by atoms with Gasteiger partial charge in [-0.1, -0.05) is 31.0 Å². The molecule has 1 fully saturated rings. The quantitative estimate of drug-likeness (QED) is 0.734. The van der Waals surface area contributed by atoms with Crippen LogP contribution in [0.15, 0.2) is 29.2 Å². The van der Waals surface area contributed by atoms with E-state index in [9.17, 15) is 13.2 Å². The molecule has 2 rings (SSSR count). The number of unbranched alkanes of at least 4 members (excludes halogenated alkanes) is 1. The second kappa shape index (κ2) is 8.78. The second-order valence-electron chi connectivity index (χ2n) is 6.66. The molecule has 0 N–H and O–H groups in total. The lowest BCUT2D eigenvalue weighted by molar-refractivity contribution is -0.131. The molecule has 6 nitrogen and oxygen atoms in total. The van der Waals surface area contributed by atoms with Crippen molar-refractivity contribution in [3.05, 3.63) is 29.8 Å². The molecule has 1 amide bonds. The number of carbonyl (C=O) groups excluding carboxylic acids is 1. The third kappa shape index (κ3) is 5.26. The number of nitrogens with zero attached hydrogens (tertiary/aromatic N) is 3. The molecule has 140 valence electrons. The summed E-state index contributed by atoms with van der Waals surface area (Å²) in [6.45, 7) is 7.17. The monoisotopic (exact) mass is 367 g/mol. The largest absolute Gasteiger partial charge is 0.345 e. The van der Waals surface area contributed by atoms with Crippen molar-refractivity contribution in [3.8, 4) is 0 Å². The summed E-state index contributed by atoms with van der Waals surface area (Å²) in [5, 5.41) is 0. The number of rotatable bonds is 7. The highest BCUT2D eigenvalue weighted by Gasteiger charge is 2.29. The third-order valence-electron chi connectivity index (χ3n) is 4.62.